The number of hydrogen-bond donors (Lipinski definition) is 0. The van der Waals surface area contributed by atoms with E-state index in [4.69, 9.17) is 14.2 Å². The van der Waals surface area contributed by atoms with Gasteiger partial charge in [-0.3, -0.25) is 4.79 Å². The van der Waals surface area contributed by atoms with E-state index in [-0.39, 0.29) is 5.78 Å². The van der Waals surface area contributed by atoms with Crippen molar-refractivity contribution in [3.8, 4) is 5.88 Å². The number of methoxy groups -OCH3 is 1. The summed E-state index contributed by atoms with van der Waals surface area (Å²) in [5.74, 6) is 0.310. The standard InChI is InChI=1S/C13H19NO4/c1-11(15)12-5-3-6-14-13(12)18-10-9-17-8-4-7-16-2/h3,5-6H,4,7-10H2,1-2H3. The van der Waals surface area contributed by atoms with Crippen molar-refractivity contribution in [2.24, 2.45) is 0 Å². The quantitative estimate of drug-likeness (QED) is 0.495. The van der Waals surface area contributed by atoms with Gasteiger partial charge in [-0.25, -0.2) is 4.98 Å². The van der Waals surface area contributed by atoms with Gasteiger partial charge in [0.15, 0.2) is 5.78 Å². The van der Waals surface area contributed by atoms with E-state index < -0.39 is 0 Å². The predicted octanol–water partition coefficient (Wildman–Crippen LogP) is 1.72. The molecule has 18 heavy (non-hydrogen) atoms. The van der Waals surface area contributed by atoms with Crippen LogP contribution in [0, 0.1) is 0 Å². The van der Waals surface area contributed by atoms with Crippen LogP contribution in [0.5, 0.6) is 5.88 Å². The zero-order chi connectivity index (χ0) is 13.2. The molecule has 1 heterocycles. The monoisotopic (exact) mass is 253 g/mol. The number of pyridine rings is 1. The van der Waals surface area contributed by atoms with Gasteiger partial charge in [0.05, 0.1) is 12.2 Å². The van der Waals surface area contributed by atoms with Gasteiger partial charge in [0.1, 0.15) is 6.61 Å². The minimum atomic E-state index is -0.0564. The van der Waals surface area contributed by atoms with E-state index in [9.17, 15) is 4.79 Å². The molecule has 1 rings (SSSR count). The Kier molecular flexibility index (Phi) is 6.98. The molecule has 0 aliphatic heterocycles. The SMILES string of the molecule is COCCCOCCOc1ncccc1C(C)=O. The fraction of sp³-hybridized carbons (Fsp3) is 0.538. The molecule has 100 valence electrons. The molecule has 5 nitrogen and oxygen atoms in total. The third-order valence-corrected chi connectivity index (χ3v) is 2.25. The van der Waals surface area contributed by atoms with Gasteiger partial charge in [0, 0.05) is 26.5 Å². The van der Waals surface area contributed by atoms with Crippen LogP contribution in [0.3, 0.4) is 0 Å². The van der Waals surface area contributed by atoms with E-state index in [2.05, 4.69) is 4.98 Å². The highest BCUT2D eigenvalue weighted by atomic mass is 16.5. The summed E-state index contributed by atoms with van der Waals surface area (Å²) in [5, 5.41) is 0. The summed E-state index contributed by atoms with van der Waals surface area (Å²) in [7, 11) is 1.66. The number of carbonyl (C=O) groups is 1. The number of rotatable bonds is 9. The lowest BCUT2D eigenvalue weighted by molar-refractivity contribution is 0.0787. The van der Waals surface area contributed by atoms with E-state index in [1.165, 1.54) is 6.92 Å². The maximum Gasteiger partial charge on any atom is 0.224 e. The molecule has 0 saturated heterocycles. The average molecular weight is 253 g/mol. The van der Waals surface area contributed by atoms with Crippen molar-refractivity contribution in [3.05, 3.63) is 23.9 Å². The van der Waals surface area contributed by atoms with Crippen LogP contribution >= 0.6 is 0 Å². The summed E-state index contributed by atoms with van der Waals surface area (Å²) in [5.41, 5.74) is 0.497. The normalized spacial score (nSPS) is 10.3. The van der Waals surface area contributed by atoms with E-state index in [1.54, 1.807) is 25.4 Å². The first-order valence-electron chi connectivity index (χ1n) is 5.91. The van der Waals surface area contributed by atoms with Crippen LogP contribution in [0.4, 0.5) is 0 Å². The molecule has 0 aromatic carbocycles. The number of Topliss-reactive ketones (excluding diaryl/α,β-unsaturated/α-hetero) is 1. The third-order valence-electron chi connectivity index (χ3n) is 2.25. The molecule has 5 heteroatoms. The molecule has 0 radical (unpaired) electrons. The Morgan fingerprint density at radius 2 is 2.11 bits per heavy atom. The molecule has 0 fully saturated rings. The van der Waals surface area contributed by atoms with Gasteiger partial charge in [-0.2, -0.15) is 0 Å². The molecule has 0 amide bonds. The lowest BCUT2D eigenvalue weighted by Crippen LogP contribution is -2.11. The van der Waals surface area contributed by atoms with Crippen LogP contribution in [0.1, 0.15) is 23.7 Å². The van der Waals surface area contributed by atoms with Crippen molar-refractivity contribution < 1.29 is 19.0 Å². The molecule has 1 aromatic rings. The van der Waals surface area contributed by atoms with Gasteiger partial charge in [-0.15, -0.1) is 0 Å². The molecule has 0 unspecified atom stereocenters. The average Bonchev–Trinajstić information content (AvgIpc) is 2.38. The molecule has 0 spiro atoms. The smallest absolute Gasteiger partial charge is 0.224 e. The van der Waals surface area contributed by atoms with Crippen LogP contribution in [0.15, 0.2) is 18.3 Å². The van der Waals surface area contributed by atoms with Crippen molar-refractivity contribution in [2.45, 2.75) is 13.3 Å². The number of ketones is 1. The van der Waals surface area contributed by atoms with Crippen LogP contribution in [-0.2, 0) is 9.47 Å². The second kappa shape index (κ2) is 8.60. The second-order valence-electron chi connectivity index (χ2n) is 3.72. The summed E-state index contributed by atoms with van der Waals surface area (Å²) >= 11 is 0. The summed E-state index contributed by atoms with van der Waals surface area (Å²) in [4.78, 5) is 15.3. The first kappa shape index (κ1) is 14.6. The Labute approximate surface area is 107 Å². The molecular weight excluding hydrogens is 234 g/mol. The Morgan fingerprint density at radius 3 is 2.83 bits per heavy atom. The minimum Gasteiger partial charge on any atom is -0.475 e. The van der Waals surface area contributed by atoms with Gasteiger partial charge < -0.3 is 14.2 Å². The number of nitrogens with zero attached hydrogens (tertiary/aromatic N) is 1. The molecule has 0 N–H and O–H groups in total. The fourth-order valence-electron chi connectivity index (χ4n) is 1.38. The fourth-order valence-corrected chi connectivity index (χ4v) is 1.38. The van der Waals surface area contributed by atoms with Gasteiger partial charge in [-0.05, 0) is 25.5 Å². The predicted molar refractivity (Wildman–Crippen MR) is 67.0 cm³/mol. The summed E-state index contributed by atoms with van der Waals surface area (Å²) < 4.78 is 15.7. The third kappa shape index (κ3) is 5.25. The van der Waals surface area contributed by atoms with Crippen LogP contribution in [0.25, 0.3) is 0 Å². The Hall–Kier alpha value is -1.46. The molecule has 0 atom stereocenters. The molecular formula is C13H19NO4. The Morgan fingerprint density at radius 1 is 1.28 bits per heavy atom. The van der Waals surface area contributed by atoms with Gasteiger partial charge in [0.2, 0.25) is 5.88 Å². The number of aromatic nitrogens is 1. The van der Waals surface area contributed by atoms with Crippen molar-refractivity contribution in [1.82, 2.24) is 4.98 Å². The molecule has 0 aliphatic carbocycles. The van der Waals surface area contributed by atoms with Gasteiger partial charge in [0.25, 0.3) is 0 Å². The molecule has 0 aliphatic rings. The van der Waals surface area contributed by atoms with E-state index in [1.807, 2.05) is 0 Å². The van der Waals surface area contributed by atoms with Crippen LogP contribution < -0.4 is 4.74 Å². The van der Waals surface area contributed by atoms with E-state index in [0.29, 0.717) is 37.9 Å². The van der Waals surface area contributed by atoms with Crippen molar-refractivity contribution in [1.29, 1.82) is 0 Å². The summed E-state index contributed by atoms with van der Waals surface area (Å²) in [6.07, 6.45) is 2.46. The van der Waals surface area contributed by atoms with Gasteiger partial charge >= 0.3 is 0 Å². The van der Waals surface area contributed by atoms with E-state index >= 15 is 0 Å². The number of ether oxygens (including phenoxy) is 3. The Bertz CT molecular complexity index is 368. The van der Waals surface area contributed by atoms with Gasteiger partial charge in [-0.1, -0.05) is 0 Å². The molecule has 0 saturated carbocycles. The van der Waals surface area contributed by atoms with E-state index in [0.717, 1.165) is 6.42 Å². The minimum absolute atomic E-state index is 0.0564. The Balaban J connectivity index is 2.25. The lowest BCUT2D eigenvalue weighted by Gasteiger charge is -2.08. The largest absolute Gasteiger partial charge is 0.475 e. The van der Waals surface area contributed by atoms with Crippen molar-refractivity contribution in [2.75, 3.05) is 33.5 Å². The zero-order valence-electron chi connectivity index (χ0n) is 10.8. The molecule has 1 aromatic heterocycles. The first-order valence-corrected chi connectivity index (χ1v) is 5.91. The lowest BCUT2D eigenvalue weighted by atomic mass is 10.2. The molecule has 0 bridgehead atoms. The number of hydrogen-bond acceptors (Lipinski definition) is 5. The van der Waals surface area contributed by atoms with Crippen molar-refractivity contribution >= 4 is 5.78 Å². The summed E-state index contributed by atoms with van der Waals surface area (Å²) in [6.45, 7) is 3.67. The zero-order valence-corrected chi connectivity index (χ0v) is 10.8. The maximum atomic E-state index is 11.3. The highest BCUT2D eigenvalue weighted by Crippen LogP contribution is 2.14. The first-order chi connectivity index (χ1) is 8.75. The summed E-state index contributed by atoms with van der Waals surface area (Å²) in [6, 6.07) is 3.41. The second-order valence-corrected chi connectivity index (χ2v) is 3.72. The number of carbonyl (C=O) groups excluding carboxylic acids is 1. The highest BCUT2D eigenvalue weighted by molar-refractivity contribution is 5.96. The van der Waals surface area contributed by atoms with Crippen LogP contribution in [0.2, 0.25) is 0 Å². The topological polar surface area (TPSA) is 57.6 Å². The highest BCUT2D eigenvalue weighted by Gasteiger charge is 2.08. The van der Waals surface area contributed by atoms with Crippen LogP contribution in [-0.4, -0.2) is 44.3 Å². The maximum absolute atomic E-state index is 11.3. The van der Waals surface area contributed by atoms with Crippen molar-refractivity contribution in [3.63, 3.8) is 0 Å².